The molecule has 0 fully saturated rings. The topological polar surface area (TPSA) is 51.6 Å². The normalized spacial score (nSPS) is 10.9. The van der Waals surface area contributed by atoms with E-state index < -0.39 is 0 Å². The molecule has 9 rings (SSSR count). The van der Waals surface area contributed by atoms with Crippen molar-refractivity contribution < 1.29 is 20.1 Å². The summed E-state index contributed by atoms with van der Waals surface area (Å²) in [5, 5.41) is 2.23. The number of hydrogen-bond donors (Lipinski definition) is 0. The molecular weight excluding hydrogens is 825 g/mol. The molecule has 0 aliphatic rings. The smallest absolute Gasteiger partial charge is 0.164 e. The molecular formula is C48H31IrN4-. The van der Waals surface area contributed by atoms with Crippen molar-refractivity contribution in [3.8, 4) is 78.8 Å². The number of rotatable bonds is 7. The molecule has 0 saturated heterocycles. The number of hydrogen-bond acceptors (Lipinski definition) is 4. The van der Waals surface area contributed by atoms with Gasteiger partial charge in [0, 0.05) is 37.4 Å². The molecule has 0 bridgehead atoms. The number of fused-ring (bicyclic) bond motifs is 1. The van der Waals surface area contributed by atoms with Crippen molar-refractivity contribution in [2.24, 2.45) is 0 Å². The van der Waals surface area contributed by atoms with Crippen LogP contribution in [0.5, 0.6) is 0 Å². The third-order valence-corrected chi connectivity index (χ3v) is 9.24. The standard InChI is InChI=1S/C48H31N4.Ir/c1-4-14-33(15-5-1)42-28-43(34-16-6-2-7-17-34)30-44(29-42)36-22-12-24-39(26-36)47-50-46(35-18-8-3-9-19-35)51-48(52-47)40-25-13-23-38(27-40)45-31-37-20-10-11-21-41(37)32-49-45;/h1-22,24-32H;/q-1;. The van der Waals surface area contributed by atoms with Crippen molar-refractivity contribution in [3.63, 3.8) is 0 Å². The summed E-state index contributed by atoms with van der Waals surface area (Å²) in [6, 6.07) is 66.1. The first-order valence-corrected chi connectivity index (χ1v) is 17.3. The summed E-state index contributed by atoms with van der Waals surface area (Å²) in [7, 11) is 0. The SMILES string of the molecule is [Ir].[c-]1ccc(-c2nc(-c3ccccc3)nc(-c3cccc(-c4cc(-c5ccccc5)cc(-c5ccccc5)c4)c3)n2)cc1-c1cc2ccccc2cn1. The molecule has 5 heteroatoms. The van der Waals surface area contributed by atoms with E-state index in [1.807, 2.05) is 60.8 Å². The molecule has 53 heavy (non-hydrogen) atoms. The van der Waals surface area contributed by atoms with E-state index in [0.717, 1.165) is 61.0 Å². The molecule has 0 aliphatic carbocycles. The van der Waals surface area contributed by atoms with Gasteiger partial charge in [-0.25, -0.2) is 15.0 Å². The van der Waals surface area contributed by atoms with Crippen LogP contribution >= 0.6 is 0 Å². The largest absolute Gasteiger partial charge is 0.304 e. The Morgan fingerprint density at radius 3 is 1.42 bits per heavy atom. The van der Waals surface area contributed by atoms with Gasteiger partial charge in [-0.2, -0.15) is 0 Å². The maximum atomic E-state index is 5.09. The Morgan fingerprint density at radius 1 is 0.340 bits per heavy atom. The van der Waals surface area contributed by atoms with Gasteiger partial charge in [-0.1, -0.05) is 145 Å². The van der Waals surface area contributed by atoms with Crippen LogP contribution in [0.4, 0.5) is 0 Å². The van der Waals surface area contributed by atoms with Gasteiger partial charge in [0.15, 0.2) is 11.6 Å². The third kappa shape index (κ3) is 7.22. The summed E-state index contributed by atoms with van der Waals surface area (Å²) in [6.45, 7) is 0. The zero-order chi connectivity index (χ0) is 34.7. The second-order valence-corrected chi connectivity index (χ2v) is 12.7. The third-order valence-electron chi connectivity index (χ3n) is 9.24. The molecule has 2 heterocycles. The van der Waals surface area contributed by atoms with E-state index in [2.05, 4.69) is 133 Å². The van der Waals surface area contributed by atoms with E-state index in [4.69, 9.17) is 19.9 Å². The molecule has 253 valence electrons. The van der Waals surface area contributed by atoms with Crippen LogP contribution in [-0.2, 0) is 20.1 Å². The fourth-order valence-electron chi connectivity index (χ4n) is 6.56. The predicted molar refractivity (Wildman–Crippen MR) is 212 cm³/mol. The fourth-order valence-corrected chi connectivity index (χ4v) is 6.56. The maximum absolute atomic E-state index is 5.09. The van der Waals surface area contributed by atoms with Crippen LogP contribution in [0, 0.1) is 6.07 Å². The van der Waals surface area contributed by atoms with E-state index in [0.29, 0.717) is 17.5 Å². The molecule has 0 aliphatic heterocycles. The molecule has 4 nitrogen and oxygen atoms in total. The Bertz CT molecular complexity index is 2620. The van der Waals surface area contributed by atoms with Gasteiger partial charge in [0.05, 0.1) is 0 Å². The molecule has 0 unspecified atom stereocenters. The van der Waals surface area contributed by atoms with Gasteiger partial charge in [-0.3, -0.25) is 0 Å². The minimum atomic E-state index is 0. The number of pyridine rings is 1. The molecule has 0 saturated carbocycles. The quantitative estimate of drug-likeness (QED) is 0.150. The van der Waals surface area contributed by atoms with E-state index in [-0.39, 0.29) is 20.1 Å². The van der Waals surface area contributed by atoms with Crippen LogP contribution < -0.4 is 0 Å². The average Bonchev–Trinajstić information content (AvgIpc) is 3.24. The Morgan fingerprint density at radius 2 is 0.792 bits per heavy atom. The summed E-state index contributed by atoms with van der Waals surface area (Å²) in [6.07, 6.45) is 1.91. The van der Waals surface area contributed by atoms with Crippen molar-refractivity contribution >= 4 is 10.8 Å². The Labute approximate surface area is 322 Å². The van der Waals surface area contributed by atoms with E-state index in [9.17, 15) is 0 Å². The molecule has 0 atom stereocenters. The first kappa shape index (κ1) is 33.7. The Hall–Kier alpha value is -6.39. The fraction of sp³-hybridized carbons (Fsp3) is 0. The van der Waals surface area contributed by atoms with Crippen molar-refractivity contribution in [3.05, 3.63) is 194 Å². The molecule has 1 radical (unpaired) electrons. The minimum Gasteiger partial charge on any atom is -0.304 e. The minimum absolute atomic E-state index is 0. The van der Waals surface area contributed by atoms with Crippen LogP contribution in [0.25, 0.3) is 89.6 Å². The molecule has 7 aromatic carbocycles. The Kier molecular flexibility index (Phi) is 9.59. The summed E-state index contributed by atoms with van der Waals surface area (Å²) in [4.78, 5) is 19.9. The van der Waals surface area contributed by atoms with Crippen molar-refractivity contribution in [1.29, 1.82) is 0 Å². The summed E-state index contributed by atoms with van der Waals surface area (Å²) >= 11 is 0. The van der Waals surface area contributed by atoms with Crippen LogP contribution in [0.3, 0.4) is 0 Å². The molecule has 2 aromatic heterocycles. The van der Waals surface area contributed by atoms with Gasteiger partial charge in [0.2, 0.25) is 0 Å². The average molecular weight is 856 g/mol. The van der Waals surface area contributed by atoms with E-state index in [1.165, 1.54) is 11.1 Å². The van der Waals surface area contributed by atoms with Gasteiger partial charge in [0.25, 0.3) is 0 Å². The zero-order valence-electron chi connectivity index (χ0n) is 28.5. The maximum Gasteiger partial charge on any atom is 0.164 e. The predicted octanol–water partition coefficient (Wildman–Crippen LogP) is 11.9. The van der Waals surface area contributed by atoms with Gasteiger partial charge in [0.1, 0.15) is 5.82 Å². The second-order valence-electron chi connectivity index (χ2n) is 12.7. The van der Waals surface area contributed by atoms with Crippen LogP contribution in [0.2, 0.25) is 0 Å². The first-order valence-electron chi connectivity index (χ1n) is 17.3. The van der Waals surface area contributed by atoms with Gasteiger partial charge in [-0.15, -0.1) is 29.8 Å². The molecule has 0 spiro atoms. The van der Waals surface area contributed by atoms with Gasteiger partial charge in [-0.05, 0) is 74.1 Å². The zero-order valence-corrected chi connectivity index (χ0v) is 30.9. The van der Waals surface area contributed by atoms with Gasteiger partial charge < -0.3 is 4.98 Å². The number of benzene rings is 7. The summed E-state index contributed by atoms with van der Waals surface area (Å²) in [5.41, 5.74) is 11.3. The van der Waals surface area contributed by atoms with Crippen LogP contribution in [0.1, 0.15) is 0 Å². The summed E-state index contributed by atoms with van der Waals surface area (Å²) in [5.74, 6) is 1.80. The monoisotopic (exact) mass is 856 g/mol. The van der Waals surface area contributed by atoms with Crippen molar-refractivity contribution in [2.75, 3.05) is 0 Å². The number of aromatic nitrogens is 4. The van der Waals surface area contributed by atoms with Crippen LogP contribution in [-0.4, -0.2) is 19.9 Å². The molecule has 0 amide bonds. The van der Waals surface area contributed by atoms with Crippen molar-refractivity contribution in [2.45, 2.75) is 0 Å². The first-order chi connectivity index (χ1) is 25.7. The Balaban J connectivity index is 0.00000400. The van der Waals surface area contributed by atoms with E-state index >= 15 is 0 Å². The van der Waals surface area contributed by atoms with Gasteiger partial charge >= 0.3 is 0 Å². The molecule has 9 aromatic rings. The van der Waals surface area contributed by atoms with Crippen molar-refractivity contribution in [1.82, 2.24) is 19.9 Å². The summed E-state index contributed by atoms with van der Waals surface area (Å²) < 4.78 is 0. The van der Waals surface area contributed by atoms with E-state index in [1.54, 1.807) is 0 Å². The molecule has 0 N–H and O–H groups in total. The second kappa shape index (κ2) is 15.1. The van der Waals surface area contributed by atoms with Crippen LogP contribution in [0.15, 0.2) is 188 Å². The number of nitrogens with zero attached hydrogens (tertiary/aromatic N) is 4.